The van der Waals surface area contributed by atoms with E-state index in [0.29, 0.717) is 6.42 Å². The van der Waals surface area contributed by atoms with Crippen molar-refractivity contribution in [1.82, 2.24) is 0 Å². The lowest BCUT2D eigenvalue weighted by molar-refractivity contribution is -0.141. The van der Waals surface area contributed by atoms with Crippen LogP contribution in [0.4, 0.5) is 0 Å². The summed E-state index contributed by atoms with van der Waals surface area (Å²) in [6, 6.07) is 0. The number of carbonyl (C=O) groups is 1. The van der Waals surface area contributed by atoms with Gasteiger partial charge in [-0.2, -0.15) is 0 Å². The summed E-state index contributed by atoms with van der Waals surface area (Å²) in [7, 11) is -3.54. The van der Waals surface area contributed by atoms with E-state index in [9.17, 15) is 9.36 Å². The fourth-order valence-corrected chi connectivity index (χ4v) is 5.53. The molecule has 2 rings (SSSR count). The molecule has 1 fully saturated rings. The molecule has 108 valence electrons. The monoisotopic (exact) mass is 288 g/mol. The van der Waals surface area contributed by atoms with Crippen molar-refractivity contribution in [1.29, 1.82) is 0 Å². The van der Waals surface area contributed by atoms with Crippen molar-refractivity contribution in [3.05, 3.63) is 12.2 Å². The SMILES string of the molecule is CCOP(=O)(OCC)[C@@]12C[C@H](C)C=C[C@@H]1COC2=O. The zero-order chi connectivity index (χ0) is 14.1. The van der Waals surface area contributed by atoms with Gasteiger partial charge < -0.3 is 13.8 Å². The molecular formula is C13H21O5P. The molecule has 3 atom stereocenters. The molecule has 0 bridgehead atoms. The summed E-state index contributed by atoms with van der Waals surface area (Å²) in [6.07, 6.45) is 4.40. The molecule has 0 radical (unpaired) electrons. The lowest BCUT2D eigenvalue weighted by atomic mass is 9.80. The van der Waals surface area contributed by atoms with Gasteiger partial charge in [0.15, 0.2) is 5.16 Å². The molecule has 2 aliphatic rings. The minimum absolute atomic E-state index is 0.149. The Morgan fingerprint density at radius 2 is 2.00 bits per heavy atom. The molecule has 1 aliphatic heterocycles. The molecule has 0 aromatic rings. The smallest absolute Gasteiger partial charge is 0.348 e. The highest BCUT2D eigenvalue weighted by Crippen LogP contribution is 2.68. The van der Waals surface area contributed by atoms with Crippen LogP contribution in [0.5, 0.6) is 0 Å². The van der Waals surface area contributed by atoms with Gasteiger partial charge in [-0.05, 0) is 26.2 Å². The Balaban J connectivity index is 2.48. The molecule has 0 N–H and O–H groups in total. The maximum atomic E-state index is 13.1. The third-order valence-corrected chi connectivity index (χ3v) is 6.62. The molecule has 0 spiro atoms. The number of hydrogen-bond donors (Lipinski definition) is 0. The van der Waals surface area contributed by atoms with E-state index >= 15 is 0 Å². The first kappa shape index (κ1) is 14.8. The van der Waals surface area contributed by atoms with Crippen LogP contribution >= 0.6 is 7.60 Å². The average Bonchev–Trinajstić information content (AvgIpc) is 2.69. The fourth-order valence-electron chi connectivity index (χ4n) is 2.95. The minimum atomic E-state index is -3.54. The Bertz CT molecular complexity index is 423. The number of hydrogen-bond acceptors (Lipinski definition) is 5. The van der Waals surface area contributed by atoms with Crippen LogP contribution in [0.3, 0.4) is 0 Å². The second kappa shape index (κ2) is 5.39. The largest absolute Gasteiger partial charge is 0.464 e. The summed E-state index contributed by atoms with van der Waals surface area (Å²) in [5.41, 5.74) is 0. The van der Waals surface area contributed by atoms with Gasteiger partial charge in [0.05, 0.1) is 19.8 Å². The van der Waals surface area contributed by atoms with Crippen LogP contribution in [0, 0.1) is 11.8 Å². The Labute approximate surface area is 113 Å². The molecule has 0 unspecified atom stereocenters. The van der Waals surface area contributed by atoms with Gasteiger partial charge in [0, 0.05) is 5.92 Å². The van der Waals surface area contributed by atoms with Crippen molar-refractivity contribution in [2.45, 2.75) is 32.3 Å². The van der Waals surface area contributed by atoms with Gasteiger partial charge in [-0.3, -0.25) is 9.36 Å². The summed E-state index contributed by atoms with van der Waals surface area (Å²) < 4.78 is 29.2. The topological polar surface area (TPSA) is 61.8 Å². The predicted octanol–water partition coefficient (Wildman–Crippen LogP) is 2.76. The van der Waals surface area contributed by atoms with E-state index in [1.165, 1.54) is 0 Å². The molecule has 0 aromatic heterocycles. The van der Waals surface area contributed by atoms with Crippen molar-refractivity contribution in [2.24, 2.45) is 11.8 Å². The molecule has 6 heteroatoms. The van der Waals surface area contributed by atoms with Gasteiger partial charge in [-0.1, -0.05) is 19.1 Å². The summed E-state index contributed by atoms with van der Waals surface area (Å²) >= 11 is 0. The third-order valence-electron chi connectivity index (χ3n) is 3.75. The standard InChI is InChI=1S/C13H21O5P/c1-4-17-19(15,18-5-2)13-8-10(3)6-7-11(13)9-16-12(13)14/h6-7,10-11H,4-5,8-9H2,1-3H3/t10-,11-,13+/m1/s1. The molecule has 5 nitrogen and oxygen atoms in total. The minimum Gasteiger partial charge on any atom is -0.464 e. The van der Waals surface area contributed by atoms with Gasteiger partial charge in [-0.25, -0.2) is 0 Å². The number of fused-ring (bicyclic) bond motifs is 1. The van der Waals surface area contributed by atoms with Gasteiger partial charge in [-0.15, -0.1) is 0 Å². The summed E-state index contributed by atoms with van der Waals surface area (Å²) in [4.78, 5) is 12.3. The molecule has 0 amide bonds. The van der Waals surface area contributed by atoms with E-state index in [1.54, 1.807) is 13.8 Å². The van der Waals surface area contributed by atoms with Gasteiger partial charge >= 0.3 is 13.6 Å². The molecule has 0 saturated carbocycles. The van der Waals surface area contributed by atoms with Crippen molar-refractivity contribution in [3.8, 4) is 0 Å². The summed E-state index contributed by atoms with van der Waals surface area (Å²) in [5.74, 6) is -0.518. The first-order valence-corrected chi connectivity index (χ1v) is 8.29. The molecule has 1 aliphatic carbocycles. The van der Waals surface area contributed by atoms with Crippen LogP contribution < -0.4 is 0 Å². The Morgan fingerprint density at radius 1 is 1.37 bits per heavy atom. The highest BCUT2D eigenvalue weighted by molar-refractivity contribution is 7.57. The molecule has 1 saturated heterocycles. The number of rotatable bonds is 5. The van der Waals surface area contributed by atoms with Crippen LogP contribution in [0.25, 0.3) is 0 Å². The summed E-state index contributed by atoms with van der Waals surface area (Å²) in [5, 5.41) is -1.16. The lowest BCUT2D eigenvalue weighted by Crippen LogP contribution is -2.44. The van der Waals surface area contributed by atoms with Crippen LogP contribution in [0.15, 0.2) is 12.2 Å². The maximum Gasteiger partial charge on any atom is 0.348 e. The highest BCUT2D eigenvalue weighted by Gasteiger charge is 2.66. The van der Waals surface area contributed by atoms with Gasteiger partial charge in [0.2, 0.25) is 0 Å². The van der Waals surface area contributed by atoms with Gasteiger partial charge in [0.1, 0.15) is 0 Å². The van der Waals surface area contributed by atoms with Gasteiger partial charge in [0.25, 0.3) is 0 Å². The normalized spacial score (nSPS) is 34.2. The number of allylic oxidation sites excluding steroid dienone is 1. The van der Waals surface area contributed by atoms with Crippen LogP contribution in [-0.2, 0) is 23.1 Å². The highest BCUT2D eigenvalue weighted by atomic mass is 31.2. The average molecular weight is 288 g/mol. The Morgan fingerprint density at radius 3 is 2.58 bits per heavy atom. The van der Waals surface area contributed by atoms with Crippen LogP contribution in [0.1, 0.15) is 27.2 Å². The van der Waals surface area contributed by atoms with E-state index in [1.807, 2.05) is 19.1 Å². The van der Waals surface area contributed by atoms with E-state index in [4.69, 9.17) is 13.8 Å². The van der Waals surface area contributed by atoms with E-state index in [-0.39, 0.29) is 31.7 Å². The van der Waals surface area contributed by atoms with E-state index in [0.717, 1.165) is 0 Å². The Hall–Kier alpha value is -0.640. The Kier molecular flexibility index (Phi) is 4.19. The zero-order valence-corrected chi connectivity index (χ0v) is 12.5. The molecular weight excluding hydrogens is 267 g/mol. The van der Waals surface area contributed by atoms with Crippen LogP contribution in [0.2, 0.25) is 0 Å². The van der Waals surface area contributed by atoms with Crippen molar-refractivity contribution in [3.63, 3.8) is 0 Å². The predicted molar refractivity (Wildman–Crippen MR) is 71.0 cm³/mol. The first-order valence-electron chi connectivity index (χ1n) is 6.75. The van der Waals surface area contributed by atoms with E-state index < -0.39 is 18.7 Å². The van der Waals surface area contributed by atoms with Crippen LogP contribution in [-0.4, -0.2) is 30.9 Å². The van der Waals surface area contributed by atoms with Crippen molar-refractivity contribution < 1.29 is 23.1 Å². The van der Waals surface area contributed by atoms with Crippen molar-refractivity contribution in [2.75, 3.05) is 19.8 Å². The molecule has 1 heterocycles. The maximum absolute atomic E-state index is 13.1. The second-order valence-electron chi connectivity index (χ2n) is 5.03. The fraction of sp³-hybridized carbons (Fsp3) is 0.769. The number of esters is 1. The third kappa shape index (κ3) is 2.18. The number of carbonyl (C=O) groups excluding carboxylic acids is 1. The zero-order valence-electron chi connectivity index (χ0n) is 11.6. The van der Waals surface area contributed by atoms with E-state index in [2.05, 4.69) is 0 Å². The lowest BCUT2D eigenvalue weighted by Gasteiger charge is -2.38. The number of ether oxygens (including phenoxy) is 1. The molecule has 0 aromatic carbocycles. The second-order valence-corrected chi connectivity index (χ2v) is 7.34. The first-order chi connectivity index (χ1) is 9.00. The number of cyclic esters (lactones) is 1. The summed E-state index contributed by atoms with van der Waals surface area (Å²) in [6.45, 7) is 6.24. The molecule has 19 heavy (non-hydrogen) atoms. The van der Waals surface area contributed by atoms with Crippen molar-refractivity contribution >= 4 is 13.6 Å². The quantitative estimate of drug-likeness (QED) is 0.442.